The standard InChI is InChI=1S/C28H33F2N7O3/c1-28(2,40)24(30)16-36-15-17-10-22(33-26(38)21-14-32-37-5-3-4-31-25(21)37)23(13-20(17)27(36)39)35-8-6-34(7-9-35)19-11-18(29)12-19/h3-5,10,13-14,18-19,24,40H,6-9,11-12,15-16H2,1-2H3,(H,33,38). The van der Waals surface area contributed by atoms with E-state index < -0.39 is 17.9 Å². The van der Waals surface area contributed by atoms with Gasteiger partial charge in [0.25, 0.3) is 11.8 Å². The molecule has 6 rings (SSSR count). The highest BCUT2D eigenvalue weighted by atomic mass is 19.1. The number of carbonyl (C=O) groups is 2. The summed E-state index contributed by atoms with van der Waals surface area (Å²) in [6.45, 7) is 5.48. The molecule has 1 unspecified atom stereocenters. The number of benzene rings is 1. The maximum absolute atomic E-state index is 14.7. The van der Waals surface area contributed by atoms with Crippen molar-refractivity contribution in [1.82, 2.24) is 24.4 Å². The van der Waals surface area contributed by atoms with Gasteiger partial charge in [0.15, 0.2) is 5.65 Å². The van der Waals surface area contributed by atoms with Gasteiger partial charge in [-0.3, -0.25) is 14.5 Å². The van der Waals surface area contributed by atoms with Gasteiger partial charge in [-0.15, -0.1) is 0 Å². The van der Waals surface area contributed by atoms with Crippen LogP contribution in [0.1, 0.15) is 53.0 Å². The minimum Gasteiger partial charge on any atom is -0.387 e. The molecule has 2 amide bonds. The largest absolute Gasteiger partial charge is 0.387 e. The number of hydrogen-bond acceptors (Lipinski definition) is 7. The molecule has 0 spiro atoms. The number of nitrogens with zero attached hydrogens (tertiary/aromatic N) is 6. The minimum absolute atomic E-state index is 0.173. The fourth-order valence-corrected chi connectivity index (χ4v) is 5.66. The van der Waals surface area contributed by atoms with Crippen LogP contribution >= 0.6 is 0 Å². The average molecular weight is 554 g/mol. The molecular weight excluding hydrogens is 520 g/mol. The molecule has 0 bridgehead atoms. The maximum atomic E-state index is 14.7. The molecule has 3 aromatic rings. The number of nitrogens with one attached hydrogen (secondary N) is 1. The van der Waals surface area contributed by atoms with Crippen LogP contribution in [0.25, 0.3) is 5.65 Å². The van der Waals surface area contributed by atoms with Crippen molar-refractivity contribution in [3.05, 3.63) is 53.5 Å². The van der Waals surface area contributed by atoms with Crippen molar-refractivity contribution in [1.29, 1.82) is 0 Å². The number of piperazine rings is 1. The molecule has 2 aromatic heterocycles. The fourth-order valence-electron chi connectivity index (χ4n) is 5.66. The van der Waals surface area contributed by atoms with E-state index in [-0.39, 0.29) is 30.9 Å². The number of halogens is 2. The third-order valence-electron chi connectivity index (χ3n) is 8.25. The lowest BCUT2D eigenvalue weighted by Crippen LogP contribution is -2.54. The number of fused-ring (bicyclic) bond motifs is 2. The number of aromatic nitrogens is 3. The van der Waals surface area contributed by atoms with Crippen molar-refractivity contribution in [2.75, 3.05) is 42.9 Å². The van der Waals surface area contributed by atoms with Crippen molar-refractivity contribution in [3.8, 4) is 0 Å². The van der Waals surface area contributed by atoms with Crippen LogP contribution in [0.5, 0.6) is 0 Å². The Morgan fingerprint density at radius 1 is 1.23 bits per heavy atom. The van der Waals surface area contributed by atoms with E-state index in [9.17, 15) is 23.5 Å². The third-order valence-corrected chi connectivity index (χ3v) is 8.25. The van der Waals surface area contributed by atoms with E-state index in [0.717, 1.165) is 13.1 Å². The fraction of sp³-hybridized carbons (Fsp3) is 0.500. The van der Waals surface area contributed by atoms with Gasteiger partial charge in [0.05, 0.1) is 29.7 Å². The number of alkyl halides is 2. The summed E-state index contributed by atoms with van der Waals surface area (Å²) in [5.41, 5.74) is 1.51. The molecule has 1 saturated heterocycles. The number of carbonyl (C=O) groups excluding carboxylic acids is 2. The smallest absolute Gasteiger partial charge is 0.261 e. The minimum atomic E-state index is -1.61. The highest BCUT2D eigenvalue weighted by molar-refractivity contribution is 6.10. The number of anilines is 2. The van der Waals surface area contributed by atoms with E-state index in [1.807, 2.05) is 0 Å². The van der Waals surface area contributed by atoms with E-state index in [4.69, 9.17) is 0 Å². The molecule has 4 heterocycles. The first-order valence-electron chi connectivity index (χ1n) is 13.6. The average Bonchev–Trinajstić information content (AvgIpc) is 3.47. The highest BCUT2D eigenvalue weighted by Gasteiger charge is 2.37. The Kier molecular flexibility index (Phi) is 6.70. The molecule has 212 valence electrons. The first-order chi connectivity index (χ1) is 19.1. The monoisotopic (exact) mass is 553 g/mol. The lowest BCUT2D eigenvalue weighted by Gasteiger charge is -2.45. The molecule has 2 aliphatic heterocycles. The zero-order valence-electron chi connectivity index (χ0n) is 22.6. The predicted octanol–water partition coefficient (Wildman–Crippen LogP) is 2.67. The Morgan fingerprint density at radius 2 is 1.98 bits per heavy atom. The Balaban J connectivity index is 1.28. The van der Waals surface area contributed by atoms with Crippen LogP contribution in [-0.4, -0.2) is 98.0 Å². The molecule has 0 radical (unpaired) electrons. The van der Waals surface area contributed by atoms with Gasteiger partial charge in [-0.2, -0.15) is 5.10 Å². The topological polar surface area (TPSA) is 106 Å². The van der Waals surface area contributed by atoms with Gasteiger partial charge in [-0.25, -0.2) is 18.3 Å². The molecule has 1 saturated carbocycles. The molecule has 2 N–H and O–H groups in total. The van der Waals surface area contributed by atoms with Gasteiger partial charge in [0, 0.05) is 56.7 Å². The van der Waals surface area contributed by atoms with Crippen LogP contribution in [0, 0.1) is 0 Å². The lowest BCUT2D eigenvalue weighted by molar-refractivity contribution is -0.0159. The van der Waals surface area contributed by atoms with Crippen LogP contribution in [0.4, 0.5) is 20.2 Å². The zero-order valence-corrected chi connectivity index (χ0v) is 22.6. The van der Waals surface area contributed by atoms with Gasteiger partial charge >= 0.3 is 0 Å². The van der Waals surface area contributed by atoms with E-state index in [1.165, 1.54) is 29.5 Å². The van der Waals surface area contributed by atoms with E-state index in [2.05, 4.69) is 25.2 Å². The van der Waals surface area contributed by atoms with E-state index in [0.29, 0.717) is 59.6 Å². The van der Waals surface area contributed by atoms with Gasteiger partial charge in [0.1, 0.15) is 17.9 Å². The number of amides is 2. The first-order valence-corrected chi connectivity index (χ1v) is 13.6. The quantitative estimate of drug-likeness (QED) is 0.464. The molecule has 1 atom stereocenters. The van der Waals surface area contributed by atoms with Crippen LogP contribution in [0.15, 0.2) is 36.8 Å². The van der Waals surface area contributed by atoms with Crippen LogP contribution in [0.2, 0.25) is 0 Å². The Labute approximate surface area is 230 Å². The van der Waals surface area contributed by atoms with Crippen LogP contribution in [0.3, 0.4) is 0 Å². The molecule has 1 aliphatic carbocycles. The van der Waals surface area contributed by atoms with Gasteiger partial charge < -0.3 is 20.2 Å². The summed E-state index contributed by atoms with van der Waals surface area (Å²) in [5, 5.41) is 17.3. The van der Waals surface area contributed by atoms with Crippen LogP contribution in [-0.2, 0) is 6.54 Å². The Morgan fingerprint density at radius 3 is 2.67 bits per heavy atom. The number of aliphatic hydroxyl groups is 1. The number of hydrogen-bond donors (Lipinski definition) is 2. The second-order valence-corrected chi connectivity index (χ2v) is 11.5. The molecular formula is C28H33F2N7O3. The van der Waals surface area contributed by atoms with Gasteiger partial charge in [0.2, 0.25) is 0 Å². The normalized spacial score (nSPS) is 22.4. The Bertz CT molecular complexity index is 1440. The second kappa shape index (κ2) is 10.1. The third kappa shape index (κ3) is 4.90. The summed E-state index contributed by atoms with van der Waals surface area (Å²) in [6.07, 6.45) is 3.56. The first kappa shape index (κ1) is 26.6. The summed E-state index contributed by atoms with van der Waals surface area (Å²) in [6, 6.07) is 5.54. The molecule has 12 heteroatoms. The van der Waals surface area contributed by atoms with Crippen LogP contribution < -0.4 is 10.2 Å². The summed E-state index contributed by atoms with van der Waals surface area (Å²) in [7, 11) is 0. The summed E-state index contributed by atoms with van der Waals surface area (Å²) in [5.74, 6) is -0.695. The van der Waals surface area contributed by atoms with Crippen molar-refractivity contribution in [2.24, 2.45) is 0 Å². The molecule has 3 aliphatic rings. The van der Waals surface area contributed by atoms with Crippen molar-refractivity contribution < 1.29 is 23.5 Å². The van der Waals surface area contributed by atoms with E-state index >= 15 is 0 Å². The number of rotatable bonds is 7. The molecule has 2 fully saturated rings. The van der Waals surface area contributed by atoms with Crippen molar-refractivity contribution in [3.63, 3.8) is 0 Å². The molecule has 10 nitrogen and oxygen atoms in total. The van der Waals surface area contributed by atoms with Gasteiger partial charge in [-0.05, 0) is 50.5 Å². The lowest BCUT2D eigenvalue weighted by atomic mass is 9.89. The highest BCUT2D eigenvalue weighted by Crippen LogP contribution is 2.37. The summed E-state index contributed by atoms with van der Waals surface area (Å²) < 4.78 is 29.6. The Hall–Kier alpha value is -3.64. The van der Waals surface area contributed by atoms with Gasteiger partial charge in [-0.1, -0.05) is 0 Å². The van der Waals surface area contributed by atoms with E-state index in [1.54, 1.807) is 30.6 Å². The van der Waals surface area contributed by atoms with Crippen molar-refractivity contribution >= 4 is 28.8 Å². The molecule has 40 heavy (non-hydrogen) atoms. The maximum Gasteiger partial charge on any atom is 0.261 e. The second-order valence-electron chi connectivity index (χ2n) is 11.5. The van der Waals surface area contributed by atoms with Crippen molar-refractivity contribution in [2.45, 2.75) is 57.2 Å². The summed E-state index contributed by atoms with van der Waals surface area (Å²) in [4.78, 5) is 36.8. The zero-order chi connectivity index (χ0) is 28.2. The summed E-state index contributed by atoms with van der Waals surface area (Å²) >= 11 is 0. The predicted molar refractivity (Wildman–Crippen MR) is 145 cm³/mol. The molecule has 1 aromatic carbocycles. The SMILES string of the molecule is CC(C)(O)C(F)CN1Cc2cc(NC(=O)c3cnn4cccnc34)c(N3CCN(C4CC(F)C4)CC3)cc2C1=O.